The highest BCUT2D eigenvalue weighted by molar-refractivity contribution is 6.37. The number of rotatable bonds is 4. The number of nitrogens with zero attached hydrogens (tertiary/aromatic N) is 1. The van der Waals surface area contributed by atoms with Crippen LogP contribution in [-0.2, 0) is 4.74 Å². The van der Waals surface area contributed by atoms with Crippen LogP contribution in [0.25, 0.3) is 10.9 Å². The van der Waals surface area contributed by atoms with Crippen molar-refractivity contribution in [1.82, 2.24) is 4.98 Å². The zero-order valence-corrected chi connectivity index (χ0v) is 12.2. The summed E-state index contributed by atoms with van der Waals surface area (Å²) in [5.41, 5.74) is 0.794. The molecule has 0 atom stereocenters. The van der Waals surface area contributed by atoms with Gasteiger partial charge in [0.2, 0.25) is 5.75 Å². The Labute approximate surface area is 122 Å². The van der Waals surface area contributed by atoms with E-state index in [1.165, 1.54) is 0 Å². The number of pyridine rings is 1. The summed E-state index contributed by atoms with van der Waals surface area (Å²) in [5, 5.41) is 1.31. The maximum Gasteiger partial charge on any atom is 0.258 e. The fourth-order valence-electron chi connectivity index (χ4n) is 2.12. The molecule has 1 aliphatic heterocycles. The number of hydrogen-bond donors (Lipinski definition) is 0. The monoisotopic (exact) mass is 292 g/mol. The summed E-state index contributed by atoms with van der Waals surface area (Å²) < 4.78 is 16.4. The van der Waals surface area contributed by atoms with Crippen molar-refractivity contribution >= 4 is 22.5 Å². The maximum atomic E-state index is 6.42. The van der Waals surface area contributed by atoms with Crippen LogP contribution >= 0.6 is 11.6 Å². The van der Waals surface area contributed by atoms with E-state index in [1.54, 1.807) is 19.2 Å². The molecule has 2 heterocycles. The van der Waals surface area contributed by atoms with Gasteiger partial charge in [0, 0.05) is 10.8 Å². The van der Waals surface area contributed by atoms with Gasteiger partial charge in [0.05, 0.1) is 37.5 Å². The molecular formula is C15H15ClNO3. The van der Waals surface area contributed by atoms with Gasteiger partial charge in [-0.1, -0.05) is 24.6 Å². The molecule has 0 unspecified atom stereocenters. The summed E-state index contributed by atoms with van der Waals surface area (Å²) in [7, 11) is 1.56. The van der Waals surface area contributed by atoms with Gasteiger partial charge in [-0.25, -0.2) is 4.98 Å². The maximum absolute atomic E-state index is 6.42. The molecule has 1 saturated heterocycles. The van der Waals surface area contributed by atoms with Crippen LogP contribution < -0.4 is 9.47 Å². The summed E-state index contributed by atoms with van der Waals surface area (Å²) in [6, 6.07) is 8.42. The fraction of sp³-hybridized carbons (Fsp3) is 0.400. The van der Waals surface area contributed by atoms with E-state index < -0.39 is 0 Å². The van der Waals surface area contributed by atoms with Crippen LogP contribution in [0.5, 0.6) is 11.6 Å². The van der Waals surface area contributed by atoms with Gasteiger partial charge >= 0.3 is 0 Å². The second-order valence-electron chi connectivity index (χ2n) is 5.30. The van der Waals surface area contributed by atoms with Crippen LogP contribution in [0.1, 0.15) is 6.92 Å². The van der Waals surface area contributed by atoms with Gasteiger partial charge in [-0.2, -0.15) is 0 Å². The Morgan fingerprint density at radius 2 is 2.30 bits per heavy atom. The molecule has 1 radical (unpaired) electrons. The van der Waals surface area contributed by atoms with E-state index in [4.69, 9.17) is 25.8 Å². The van der Waals surface area contributed by atoms with E-state index >= 15 is 0 Å². The van der Waals surface area contributed by atoms with Crippen molar-refractivity contribution in [3.8, 4) is 11.6 Å². The van der Waals surface area contributed by atoms with Crippen molar-refractivity contribution in [1.29, 1.82) is 0 Å². The van der Waals surface area contributed by atoms with Gasteiger partial charge < -0.3 is 14.2 Å². The highest BCUT2D eigenvalue weighted by atomic mass is 35.5. The molecule has 0 spiro atoms. The largest absolute Gasteiger partial charge is 0.486 e. The van der Waals surface area contributed by atoms with E-state index in [1.807, 2.05) is 6.07 Å². The third kappa shape index (κ3) is 2.30. The number of methoxy groups -OCH3 is 1. The third-order valence-corrected chi connectivity index (χ3v) is 3.73. The molecule has 2 aromatic rings. The van der Waals surface area contributed by atoms with Crippen molar-refractivity contribution in [3.05, 3.63) is 29.3 Å². The Bertz CT molecular complexity index is 640. The lowest BCUT2D eigenvalue weighted by molar-refractivity contribution is -0.120. The molecule has 0 N–H and O–H groups in total. The standard InChI is InChI=1S/C15H15ClNO3/c1-15(7-19-8-15)9-20-13-12(16)10-5-3-4-6-11(10)17-14(13)18-2/h4-6H,7-9H2,1-2H3. The minimum absolute atomic E-state index is 0.0338. The van der Waals surface area contributed by atoms with E-state index in [2.05, 4.69) is 18.0 Å². The molecule has 1 aromatic carbocycles. The molecule has 1 fully saturated rings. The van der Waals surface area contributed by atoms with Gasteiger partial charge in [0.25, 0.3) is 5.88 Å². The first-order chi connectivity index (χ1) is 9.63. The summed E-state index contributed by atoms with van der Waals surface area (Å²) in [4.78, 5) is 4.42. The molecular weight excluding hydrogens is 278 g/mol. The first-order valence-electron chi connectivity index (χ1n) is 6.37. The Balaban J connectivity index is 1.97. The van der Waals surface area contributed by atoms with Crippen molar-refractivity contribution in [3.63, 3.8) is 0 Å². The molecule has 1 aliphatic rings. The predicted molar refractivity (Wildman–Crippen MR) is 76.6 cm³/mol. The van der Waals surface area contributed by atoms with Crippen molar-refractivity contribution in [2.24, 2.45) is 5.41 Å². The van der Waals surface area contributed by atoms with Crippen LogP contribution in [0, 0.1) is 11.5 Å². The lowest BCUT2D eigenvalue weighted by Crippen LogP contribution is -2.44. The normalized spacial score (nSPS) is 16.8. The minimum Gasteiger partial charge on any atom is -0.486 e. The minimum atomic E-state index is 0.0338. The lowest BCUT2D eigenvalue weighted by Gasteiger charge is -2.37. The van der Waals surface area contributed by atoms with Crippen LogP contribution in [0.2, 0.25) is 5.02 Å². The molecule has 0 aliphatic carbocycles. The Morgan fingerprint density at radius 1 is 1.50 bits per heavy atom. The number of hydrogen-bond acceptors (Lipinski definition) is 4. The zero-order valence-electron chi connectivity index (χ0n) is 11.4. The quantitative estimate of drug-likeness (QED) is 0.868. The molecule has 0 bridgehead atoms. The smallest absolute Gasteiger partial charge is 0.258 e. The zero-order chi connectivity index (χ0) is 14.2. The first-order valence-corrected chi connectivity index (χ1v) is 6.75. The summed E-state index contributed by atoms with van der Waals surface area (Å²) in [5.74, 6) is 0.881. The van der Waals surface area contributed by atoms with Crippen LogP contribution in [0.15, 0.2) is 18.2 Å². The van der Waals surface area contributed by atoms with Crippen molar-refractivity contribution < 1.29 is 14.2 Å². The van der Waals surface area contributed by atoms with Gasteiger partial charge in [0.1, 0.15) is 0 Å². The Morgan fingerprint density at radius 3 is 2.95 bits per heavy atom. The fourth-order valence-corrected chi connectivity index (χ4v) is 2.40. The molecule has 3 rings (SSSR count). The Hall–Kier alpha value is -1.52. The van der Waals surface area contributed by atoms with Gasteiger partial charge in [-0.3, -0.25) is 0 Å². The average molecular weight is 293 g/mol. The molecule has 0 amide bonds. The second-order valence-corrected chi connectivity index (χ2v) is 5.68. The van der Waals surface area contributed by atoms with Gasteiger partial charge in [-0.15, -0.1) is 0 Å². The highest BCUT2D eigenvalue weighted by Gasteiger charge is 2.35. The average Bonchev–Trinajstić information content (AvgIpc) is 2.44. The van der Waals surface area contributed by atoms with Crippen molar-refractivity contribution in [2.45, 2.75) is 6.92 Å². The highest BCUT2D eigenvalue weighted by Crippen LogP contribution is 2.40. The van der Waals surface area contributed by atoms with E-state index in [0.717, 1.165) is 10.9 Å². The van der Waals surface area contributed by atoms with E-state index in [9.17, 15) is 0 Å². The topological polar surface area (TPSA) is 40.6 Å². The Kier molecular flexibility index (Phi) is 3.44. The molecule has 0 saturated carbocycles. The molecule has 4 nitrogen and oxygen atoms in total. The summed E-state index contributed by atoms with van der Waals surface area (Å²) >= 11 is 6.42. The van der Waals surface area contributed by atoms with E-state index in [-0.39, 0.29) is 5.41 Å². The second kappa shape index (κ2) is 5.11. The number of benzene rings is 1. The number of fused-ring (bicyclic) bond motifs is 1. The predicted octanol–water partition coefficient (Wildman–Crippen LogP) is 3.11. The molecule has 5 heteroatoms. The first kappa shape index (κ1) is 13.5. The lowest BCUT2D eigenvalue weighted by atomic mass is 9.90. The number of halogens is 1. The molecule has 1 aromatic heterocycles. The number of aromatic nitrogens is 1. The van der Waals surface area contributed by atoms with Gasteiger partial charge in [-0.05, 0) is 18.2 Å². The van der Waals surface area contributed by atoms with E-state index in [0.29, 0.717) is 36.5 Å². The van der Waals surface area contributed by atoms with Crippen molar-refractivity contribution in [2.75, 3.05) is 26.9 Å². The van der Waals surface area contributed by atoms with Crippen LogP contribution in [0.4, 0.5) is 0 Å². The van der Waals surface area contributed by atoms with Crippen LogP contribution in [0.3, 0.4) is 0 Å². The summed E-state index contributed by atoms with van der Waals surface area (Å²) in [6.45, 7) is 4.02. The molecule has 20 heavy (non-hydrogen) atoms. The van der Waals surface area contributed by atoms with Crippen LogP contribution in [-0.4, -0.2) is 31.9 Å². The summed E-state index contributed by atoms with van der Waals surface area (Å²) in [6.07, 6.45) is 0. The number of ether oxygens (including phenoxy) is 3. The third-order valence-electron chi connectivity index (χ3n) is 3.35. The molecule has 105 valence electrons. The SMILES string of the molecule is COc1nc2cc[c]cc2c(Cl)c1OCC1(C)COC1. The van der Waals surface area contributed by atoms with Gasteiger partial charge in [0.15, 0.2) is 0 Å².